The van der Waals surface area contributed by atoms with Gasteiger partial charge in [0.25, 0.3) is 10.0 Å². The number of alkyl halides is 3. The van der Waals surface area contributed by atoms with Crippen LogP contribution in [0.2, 0.25) is 0 Å². The molecule has 0 spiro atoms. The number of carbonyl (C=O) groups is 1. The highest BCUT2D eigenvalue weighted by atomic mass is 32.2. The summed E-state index contributed by atoms with van der Waals surface area (Å²) in [4.78, 5) is 11.9. The molecule has 6 nitrogen and oxygen atoms in total. The second kappa shape index (κ2) is 8.78. The average molecular weight is 451 g/mol. The lowest BCUT2D eigenvalue weighted by Gasteiger charge is -2.14. The Morgan fingerprint density at radius 2 is 1.45 bits per heavy atom. The van der Waals surface area contributed by atoms with E-state index in [1.54, 1.807) is 18.2 Å². The number of hydrogen-bond donors (Lipinski definition) is 1. The number of esters is 1. The molecule has 0 bridgehead atoms. The minimum Gasteiger partial charge on any atom is -0.456 e. The van der Waals surface area contributed by atoms with Gasteiger partial charge < -0.3 is 9.47 Å². The van der Waals surface area contributed by atoms with Gasteiger partial charge in [-0.3, -0.25) is 0 Å². The van der Waals surface area contributed by atoms with Crippen molar-refractivity contribution in [2.45, 2.75) is 18.1 Å². The Labute approximate surface area is 176 Å². The molecule has 0 aromatic heterocycles. The Morgan fingerprint density at radius 3 is 2.10 bits per heavy atom. The molecule has 0 aliphatic carbocycles. The number of rotatable bonds is 6. The average Bonchev–Trinajstić information content (AvgIpc) is 2.68. The zero-order valence-electron chi connectivity index (χ0n) is 16.0. The largest absolute Gasteiger partial charge is 0.470 e. The van der Waals surface area contributed by atoms with Crippen LogP contribution in [0.4, 0.5) is 13.2 Å². The van der Waals surface area contributed by atoms with Crippen LogP contribution in [0, 0.1) is 6.92 Å². The van der Waals surface area contributed by atoms with Crippen LogP contribution < -0.4 is 14.2 Å². The fourth-order valence-corrected chi connectivity index (χ4v) is 3.62. The van der Waals surface area contributed by atoms with Crippen LogP contribution in [0.15, 0.2) is 77.7 Å². The summed E-state index contributed by atoms with van der Waals surface area (Å²) in [6.07, 6.45) is -5.19. The summed E-state index contributed by atoms with van der Waals surface area (Å²) in [5.41, 5.74) is 0.962. The number of hydrogen-bond acceptors (Lipinski definition) is 5. The van der Waals surface area contributed by atoms with E-state index in [1.807, 2.05) is 19.1 Å². The Kier molecular flexibility index (Phi) is 6.32. The lowest BCUT2D eigenvalue weighted by molar-refractivity contribution is -0.138. The van der Waals surface area contributed by atoms with Crippen molar-refractivity contribution in [2.75, 3.05) is 0 Å². The van der Waals surface area contributed by atoms with Crippen molar-refractivity contribution in [3.05, 3.63) is 83.9 Å². The maximum Gasteiger partial charge on any atom is 0.470 e. The number of halogens is 3. The van der Waals surface area contributed by atoms with Gasteiger partial charge in [-0.05, 0) is 43.3 Å². The molecule has 0 fully saturated rings. The third-order valence-electron chi connectivity index (χ3n) is 3.95. The minimum atomic E-state index is -5.19. The highest BCUT2D eigenvalue weighted by Crippen LogP contribution is 2.29. The van der Waals surface area contributed by atoms with E-state index >= 15 is 0 Å². The topological polar surface area (TPSA) is 81.7 Å². The molecule has 0 saturated carbocycles. The van der Waals surface area contributed by atoms with E-state index in [2.05, 4.69) is 0 Å². The molecule has 0 atom stereocenters. The van der Waals surface area contributed by atoms with Crippen molar-refractivity contribution >= 4 is 16.0 Å². The first kappa shape index (κ1) is 22.3. The van der Waals surface area contributed by atoms with Gasteiger partial charge in [-0.25, -0.2) is 13.2 Å². The highest BCUT2D eigenvalue weighted by Gasteiger charge is 2.36. The smallest absolute Gasteiger partial charge is 0.456 e. The molecule has 3 aromatic rings. The van der Waals surface area contributed by atoms with Crippen LogP contribution in [0.5, 0.6) is 17.2 Å². The quantitative estimate of drug-likeness (QED) is 0.331. The molecule has 1 N–H and O–H groups in total. The van der Waals surface area contributed by atoms with Crippen LogP contribution in [0.25, 0.3) is 0 Å². The van der Waals surface area contributed by atoms with Crippen molar-refractivity contribution in [1.29, 1.82) is 0 Å². The van der Waals surface area contributed by atoms with E-state index in [0.717, 1.165) is 17.7 Å². The Bertz CT molecular complexity index is 1190. The van der Waals surface area contributed by atoms with Crippen molar-refractivity contribution in [1.82, 2.24) is 4.72 Å². The zero-order chi connectivity index (χ0) is 22.6. The number of ether oxygens (including phenoxy) is 2. The molecule has 0 aliphatic heterocycles. The normalized spacial score (nSPS) is 11.7. The van der Waals surface area contributed by atoms with Crippen molar-refractivity contribution in [2.24, 2.45) is 0 Å². The second-order valence-corrected chi connectivity index (χ2v) is 8.00. The summed E-state index contributed by atoms with van der Waals surface area (Å²) in [5, 5.41) is 0. The van der Waals surface area contributed by atoms with Crippen molar-refractivity contribution < 1.29 is 35.9 Å². The van der Waals surface area contributed by atoms with E-state index in [4.69, 9.17) is 9.47 Å². The number of carbonyl (C=O) groups excluding carboxylic acids is 1. The molecule has 162 valence electrons. The number of aryl methyl sites for hydroxylation is 1. The summed E-state index contributed by atoms with van der Waals surface area (Å²) in [6.45, 7) is 1.90. The molecular weight excluding hydrogens is 435 g/mol. The fourth-order valence-electron chi connectivity index (χ4n) is 2.58. The third kappa shape index (κ3) is 5.83. The minimum absolute atomic E-state index is 0.0425. The van der Waals surface area contributed by atoms with Gasteiger partial charge in [0.05, 0.1) is 0 Å². The molecule has 0 heterocycles. The molecule has 31 heavy (non-hydrogen) atoms. The van der Waals surface area contributed by atoms with Gasteiger partial charge in [-0.1, -0.05) is 42.0 Å². The molecular formula is C21H16F3NO5S. The summed E-state index contributed by atoms with van der Waals surface area (Å²) in [6, 6.07) is 17.6. The first-order chi connectivity index (χ1) is 14.5. The van der Waals surface area contributed by atoms with E-state index in [1.165, 1.54) is 30.3 Å². The van der Waals surface area contributed by atoms with Gasteiger partial charge in [0.2, 0.25) is 0 Å². The first-order valence-corrected chi connectivity index (χ1v) is 10.3. The Morgan fingerprint density at radius 1 is 0.871 bits per heavy atom. The SMILES string of the molecule is Cc1ccc(Oc2ccccc2C(=O)Oc2ccccc2S(=O)(=O)NC(F)(F)F)cc1. The van der Waals surface area contributed by atoms with Crippen molar-refractivity contribution in [3.63, 3.8) is 0 Å². The van der Waals surface area contributed by atoms with Gasteiger partial charge in [-0.15, -0.1) is 4.72 Å². The lowest BCUT2D eigenvalue weighted by Crippen LogP contribution is -2.37. The van der Waals surface area contributed by atoms with Crippen molar-refractivity contribution in [3.8, 4) is 17.2 Å². The molecule has 10 heteroatoms. The molecule has 3 rings (SSSR count). The highest BCUT2D eigenvalue weighted by molar-refractivity contribution is 7.89. The van der Waals surface area contributed by atoms with Gasteiger partial charge in [-0.2, -0.15) is 13.2 Å². The fraction of sp³-hybridized carbons (Fsp3) is 0.0952. The molecule has 3 aromatic carbocycles. The molecule has 0 radical (unpaired) electrons. The molecule has 0 amide bonds. The standard InChI is InChI=1S/C21H16F3NO5S/c1-14-10-12-15(13-11-14)29-17-7-3-2-6-16(17)20(26)30-18-8-4-5-9-19(18)31(27,28)25-21(22,23)24/h2-13,25H,1H3. The number of sulfonamides is 1. The van der Waals surface area contributed by atoms with Gasteiger partial charge >= 0.3 is 12.3 Å². The van der Waals surface area contributed by atoms with Crippen LogP contribution >= 0.6 is 0 Å². The second-order valence-electron chi connectivity index (χ2n) is 6.35. The summed E-state index contributed by atoms with van der Waals surface area (Å²) >= 11 is 0. The summed E-state index contributed by atoms with van der Waals surface area (Å²) < 4.78 is 73.3. The van der Waals surface area contributed by atoms with E-state index in [0.29, 0.717) is 10.5 Å². The van der Waals surface area contributed by atoms with Gasteiger partial charge in [0.1, 0.15) is 22.0 Å². The summed E-state index contributed by atoms with van der Waals surface area (Å²) in [7, 11) is -5.02. The van der Waals surface area contributed by atoms with E-state index in [9.17, 15) is 26.4 Å². The first-order valence-electron chi connectivity index (χ1n) is 8.81. The van der Waals surface area contributed by atoms with E-state index in [-0.39, 0.29) is 11.3 Å². The third-order valence-corrected chi connectivity index (χ3v) is 5.36. The molecule has 0 aliphatic rings. The maximum atomic E-state index is 12.7. The molecule has 0 saturated heterocycles. The van der Waals surface area contributed by atoms with Crippen LogP contribution in [0.1, 0.15) is 15.9 Å². The Balaban J connectivity index is 1.89. The number of para-hydroxylation sites is 2. The van der Waals surface area contributed by atoms with E-state index < -0.39 is 32.9 Å². The lowest BCUT2D eigenvalue weighted by atomic mass is 10.2. The number of benzene rings is 3. The summed E-state index contributed by atoms with van der Waals surface area (Å²) in [5.74, 6) is -0.986. The van der Waals surface area contributed by atoms with Crippen LogP contribution in [0.3, 0.4) is 0 Å². The van der Waals surface area contributed by atoms with Crippen LogP contribution in [-0.4, -0.2) is 20.7 Å². The Hall–Kier alpha value is -3.37. The van der Waals surface area contributed by atoms with Gasteiger partial charge in [0.15, 0.2) is 5.75 Å². The maximum absolute atomic E-state index is 12.7. The molecule has 0 unspecified atom stereocenters. The van der Waals surface area contributed by atoms with Gasteiger partial charge in [0, 0.05) is 0 Å². The predicted molar refractivity (Wildman–Crippen MR) is 105 cm³/mol. The zero-order valence-corrected chi connectivity index (χ0v) is 16.8. The number of nitrogens with one attached hydrogen (secondary N) is 1. The monoisotopic (exact) mass is 451 g/mol. The van der Waals surface area contributed by atoms with Crippen LogP contribution in [-0.2, 0) is 10.0 Å². The predicted octanol–water partition coefficient (Wildman–Crippen LogP) is 4.80.